The highest BCUT2D eigenvalue weighted by molar-refractivity contribution is 6.39. The Balaban J connectivity index is 2.10. The van der Waals surface area contributed by atoms with Crippen molar-refractivity contribution in [3.63, 3.8) is 0 Å². The van der Waals surface area contributed by atoms with Gasteiger partial charge >= 0.3 is 0 Å². The SMILES string of the molecule is CCCCC1=C(c2ccc([N+](=O)[O-])cc2)C(=O)c2ccccc21. The van der Waals surface area contributed by atoms with Crippen LogP contribution in [-0.2, 0) is 0 Å². The third kappa shape index (κ3) is 2.68. The van der Waals surface area contributed by atoms with E-state index in [0.717, 1.165) is 41.5 Å². The quantitative estimate of drug-likeness (QED) is 0.583. The van der Waals surface area contributed by atoms with E-state index in [2.05, 4.69) is 6.92 Å². The maximum absolute atomic E-state index is 12.8. The van der Waals surface area contributed by atoms with Crippen LogP contribution >= 0.6 is 0 Å². The lowest BCUT2D eigenvalue weighted by Crippen LogP contribution is -1.98. The third-order valence-corrected chi connectivity index (χ3v) is 4.17. The van der Waals surface area contributed by atoms with Gasteiger partial charge in [-0.1, -0.05) is 37.6 Å². The van der Waals surface area contributed by atoms with Crippen LogP contribution in [0, 0.1) is 10.1 Å². The van der Waals surface area contributed by atoms with E-state index in [9.17, 15) is 14.9 Å². The van der Waals surface area contributed by atoms with E-state index in [1.807, 2.05) is 24.3 Å². The monoisotopic (exact) mass is 307 g/mol. The number of nitro groups is 1. The highest BCUT2D eigenvalue weighted by Gasteiger charge is 2.29. The number of fused-ring (bicyclic) bond motifs is 1. The zero-order chi connectivity index (χ0) is 16.4. The number of non-ortho nitro benzene ring substituents is 1. The Morgan fingerprint density at radius 3 is 2.26 bits per heavy atom. The fraction of sp³-hybridized carbons (Fsp3) is 0.211. The van der Waals surface area contributed by atoms with Gasteiger partial charge in [0.15, 0.2) is 5.78 Å². The molecule has 1 aliphatic carbocycles. The molecule has 0 aromatic heterocycles. The second-order valence-corrected chi connectivity index (χ2v) is 5.64. The summed E-state index contributed by atoms with van der Waals surface area (Å²) in [5.74, 6) is 0.0144. The number of benzene rings is 2. The summed E-state index contributed by atoms with van der Waals surface area (Å²) in [7, 11) is 0. The molecule has 4 heteroatoms. The molecule has 1 aliphatic rings. The first-order chi connectivity index (χ1) is 11.1. The molecular weight excluding hydrogens is 290 g/mol. The Morgan fingerprint density at radius 2 is 1.65 bits per heavy atom. The molecular formula is C19H17NO3. The zero-order valence-electron chi connectivity index (χ0n) is 12.9. The van der Waals surface area contributed by atoms with Gasteiger partial charge in [0.2, 0.25) is 0 Å². The van der Waals surface area contributed by atoms with Crippen LogP contribution in [0.25, 0.3) is 11.1 Å². The standard InChI is InChI=1S/C19H17NO3/c1-2-3-6-16-15-7-4-5-8-17(15)19(21)18(16)13-9-11-14(12-10-13)20(22)23/h4-5,7-12H,2-3,6H2,1H3. The van der Waals surface area contributed by atoms with Crippen molar-refractivity contribution in [2.45, 2.75) is 26.2 Å². The Bertz CT molecular complexity index is 804. The van der Waals surface area contributed by atoms with Gasteiger partial charge in [-0.2, -0.15) is 0 Å². The highest BCUT2D eigenvalue weighted by Crippen LogP contribution is 2.41. The van der Waals surface area contributed by atoms with Crippen molar-refractivity contribution >= 4 is 22.6 Å². The summed E-state index contributed by atoms with van der Waals surface area (Å²) in [5.41, 5.74) is 4.26. The van der Waals surface area contributed by atoms with E-state index in [0.29, 0.717) is 5.57 Å². The van der Waals surface area contributed by atoms with Crippen molar-refractivity contribution in [3.05, 3.63) is 75.3 Å². The topological polar surface area (TPSA) is 60.2 Å². The minimum Gasteiger partial charge on any atom is -0.289 e. The number of unbranched alkanes of at least 4 members (excludes halogenated alkanes) is 1. The largest absolute Gasteiger partial charge is 0.289 e. The van der Waals surface area contributed by atoms with Gasteiger partial charge in [-0.25, -0.2) is 0 Å². The normalized spacial score (nSPS) is 13.3. The molecule has 0 amide bonds. The van der Waals surface area contributed by atoms with Crippen LogP contribution in [0.3, 0.4) is 0 Å². The summed E-state index contributed by atoms with van der Waals surface area (Å²) >= 11 is 0. The number of hydrogen-bond donors (Lipinski definition) is 0. The minimum absolute atomic E-state index is 0.0144. The van der Waals surface area contributed by atoms with Gasteiger partial charge < -0.3 is 0 Å². The first-order valence-electron chi connectivity index (χ1n) is 7.75. The number of hydrogen-bond acceptors (Lipinski definition) is 3. The molecule has 0 unspecified atom stereocenters. The molecule has 0 atom stereocenters. The predicted octanol–water partition coefficient (Wildman–Crippen LogP) is 4.89. The Labute approximate surface area is 134 Å². The maximum Gasteiger partial charge on any atom is 0.269 e. The second-order valence-electron chi connectivity index (χ2n) is 5.64. The molecule has 2 aromatic rings. The number of ketones is 1. The summed E-state index contributed by atoms with van der Waals surface area (Å²) in [4.78, 5) is 23.2. The van der Waals surface area contributed by atoms with Gasteiger partial charge in [0.05, 0.1) is 4.92 Å². The number of Topliss-reactive ketones (excluding diaryl/α,β-unsaturated/α-hetero) is 1. The van der Waals surface area contributed by atoms with E-state index in [-0.39, 0.29) is 11.5 Å². The van der Waals surface area contributed by atoms with Crippen molar-refractivity contribution in [2.24, 2.45) is 0 Å². The molecule has 0 aliphatic heterocycles. The molecule has 0 heterocycles. The number of carbonyl (C=O) groups is 1. The maximum atomic E-state index is 12.8. The first-order valence-corrected chi connectivity index (χ1v) is 7.75. The summed E-state index contributed by atoms with van der Waals surface area (Å²) in [6.07, 6.45) is 2.90. The van der Waals surface area contributed by atoms with Crippen LogP contribution < -0.4 is 0 Å². The lowest BCUT2D eigenvalue weighted by molar-refractivity contribution is -0.384. The third-order valence-electron chi connectivity index (χ3n) is 4.17. The zero-order valence-corrected chi connectivity index (χ0v) is 12.9. The molecule has 0 saturated heterocycles. The number of nitrogens with zero attached hydrogens (tertiary/aromatic N) is 1. The fourth-order valence-corrected chi connectivity index (χ4v) is 3.02. The van der Waals surface area contributed by atoms with Crippen LogP contribution in [0.15, 0.2) is 48.5 Å². The first kappa shape index (κ1) is 15.2. The average molecular weight is 307 g/mol. The molecule has 116 valence electrons. The van der Waals surface area contributed by atoms with Crippen molar-refractivity contribution in [2.75, 3.05) is 0 Å². The molecule has 0 bridgehead atoms. The van der Waals surface area contributed by atoms with Crippen LogP contribution in [0.1, 0.15) is 47.7 Å². The molecule has 23 heavy (non-hydrogen) atoms. The number of nitro benzene ring substituents is 1. The van der Waals surface area contributed by atoms with E-state index in [1.165, 1.54) is 12.1 Å². The summed E-state index contributed by atoms with van der Waals surface area (Å²) in [5, 5.41) is 10.8. The van der Waals surface area contributed by atoms with Crippen molar-refractivity contribution in [3.8, 4) is 0 Å². The Hall–Kier alpha value is -2.75. The number of allylic oxidation sites excluding steroid dienone is 2. The number of rotatable bonds is 5. The van der Waals surface area contributed by atoms with Crippen LogP contribution in [-0.4, -0.2) is 10.7 Å². The van der Waals surface area contributed by atoms with Crippen LogP contribution in [0.5, 0.6) is 0 Å². The van der Waals surface area contributed by atoms with Gasteiger partial charge in [0.25, 0.3) is 5.69 Å². The van der Waals surface area contributed by atoms with Gasteiger partial charge in [-0.05, 0) is 41.7 Å². The van der Waals surface area contributed by atoms with Gasteiger partial charge in [0, 0.05) is 23.3 Å². The lowest BCUT2D eigenvalue weighted by Gasteiger charge is -2.07. The second kappa shape index (κ2) is 6.16. The van der Waals surface area contributed by atoms with Gasteiger partial charge in [0.1, 0.15) is 0 Å². The molecule has 4 nitrogen and oxygen atoms in total. The summed E-state index contributed by atoms with van der Waals surface area (Å²) in [6.45, 7) is 2.12. The smallest absolute Gasteiger partial charge is 0.269 e. The van der Waals surface area contributed by atoms with Gasteiger partial charge in [-0.3, -0.25) is 14.9 Å². The average Bonchev–Trinajstić information content (AvgIpc) is 2.85. The predicted molar refractivity (Wildman–Crippen MR) is 90.2 cm³/mol. The van der Waals surface area contributed by atoms with Crippen molar-refractivity contribution < 1.29 is 9.72 Å². The highest BCUT2D eigenvalue weighted by atomic mass is 16.6. The molecule has 0 N–H and O–H groups in total. The minimum atomic E-state index is -0.429. The molecule has 0 fully saturated rings. The summed E-state index contributed by atoms with van der Waals surface area (Å²) in [6, 6.07) is 13.9. The molecule has 0 radical (unpaired) electrons. The molecule has 0 spiro atoms. The fourth-order valence-electron chi connectivity index (χ4n) is 3.02. The van der Waals surface area contributed by atoms with E-state index in [1.54, 1.807) is 12.1 Å². The lowest BCUT2D eigenvalue weighted by atomic mass is 9.96. The molecule has 0 saturated carbocycles. The molecule has 2 aromatic carbocycles. The van der Waals surface area contributed by atoms with Crippen molar-refractivity contribution in [1.82, 2.24) is 0 Å². The van der Waals surface area contributed by atoms with E-state index < -0.39 is 4.92 Å². The van der Waals surface area contributed by atoms with E-state index >= 15 is 0 Å². The van der Waals surface area contributed by atoms with Crippen LogP contribution in [0.2, 0.25) is 0 Å². The van der Waals surface area contributed by atoms with Crippen LogP contribution in [0.4, 0.5) is 5.69 Å². The summed E-state index contributed by atoms with van der Waals surface area (Å²) < 4.78 is 0. The van der Waals surface area contributed by atoms with Gasteiger partial charge in [-0.15, -0.1) is 0 Å². The van der Waals surface area contributed by atoms with E-state index in [4.69, 9.17) is 0 Å². The Morgan fingerprint density at radius 1 is 1.00 bits per heavy atom. The molecule has 3 rings (SSSR count). The number of carbonyl (C=O) groups excluding carboxylic acids is 1. The van der Waals surface area contributed by atoms with Crippen molar-refractivity contribution in [1.29, 1.82) is 0 Å². The Kier molecular flexibility index (Phi) is 4.06.